The fourth-order valence-corrected chi connectivity index (χ4v) is 16.9. The second-order valence-electron chi connectivity index (χ2n) is 37.6. The third-order valence-corrected chi connectivity index (χ3v) is 25.6. The van der Waals surface area contributed by atoms with Crippen molar-refractivity contribution in [1.82, 2.24) is 31.9 Å². The van der Waals surface area contributed by atoms with E-state index in [0.717, 1.165) is 46.2 Å². The molecule has 29 nitrogen and oxygen atoms in total. The number of thioether (sulfide) groups is 1. The fraction of sp³-hybridized carbons (Fsp3) is 0.405. The monoisotopic (exact) mass is 2010 g/mol. The van der Waals surface area contributed by atoms with Gasteiger partial charge in [0.05, 0.1) is 86.0 Å². The SMILES string of the molecule is C=CCOC(=O)NC[C@H](CC(=O)[C@@H](NC(=O)[C@H](COCc1ccccc1)CC(=O)[C@H](Cc1ccc(CCc2ccccc2)cc1)NC(=O)COCCOCCCC(=O)[C@H](CC)NC(=O)OC(C)(C)C)C(C)OCc1ccccc1)C(=O)N[C@@H](Cc1ccc(CCc2ccccc2)cc1)C(=O)C[C@@H](Cc1ccccc1)C(=O)N[C@H](C(=O)C[C@@H](CCSC)C(=O)O/N=C(/c1ccc(C)cc1)c1ccc([N+](=O)[O-])cc1)C(C)CC. The predicted octanol–water partition coefficient (Wildman–Crippen LogP) is 17.0. The number of hydrogen-bond acceptors (Lipinski definition) is 23. The number of hydrogen-bond donors (Lipinski definition) is 6. The summed E-state index contributed by atoms with van der Waals surface area (Å²) < 4.78 is 35.0. The van der Waals surface area contributed by atoms with E-state index in [-0.39, 0.29) is 88.9 Å². The third-order valence-electron chi connectivity index (χ3n) is 25.0. The Kier molecular flexibility index (Phi) is 49.3. The quantitative estimate of drug-likeness (QED) is 0.00515. The minimum Gasteiger partial charge on any atom is -0.445 e. The van der Waals surface area contributed by atoms with Gasteiger partial charge >= 0.3 is 18.2 Å². The van der Waals surface area contributed by atoms with Crippen LogP contribution in [0.3, 0.4) is 0 Å². The lowest BCUT2D eigenvalue weighted by Gasteiger charge is -2.29. The molecule has 9 rings (SSSR count). The van der Waals surface area contributed by atoms with E-state index in [1.54, 1.807) is 108 Å². The number of rotatable bonds is 65. The van der Waals surface area contributed by atoms with Crippen LogP contribution < -0.4 is 31.9 Å². The molecule has 0 spiro atoms. The lowest BCUT2D eigenvalue weighted by molar-refractivity contribution is -0.384. The summed E-state index contributed by atoms with van der Waals surface area (Å²) in [4.78, 5) is 195. The third kappa shape index (κ3) is 41.4. The first-order chi connectivity index (χ1) is 70.3. The number of benzene rings is 9. The number of amides is 6. The lowest BCUT2D eigenvalue weighted by Crippen LogP contribution is -2.54. The zero-order chi connectivity index (χ0) is 105. The van der Waals surface area contributed by atoms with E-state index in [1.807, 2.05) is 166 Å². The molecule has 776 valence electrons. The second-order valence-corrected chi connectivity index (χ2v) is 38.6. The molecular formula is C116H140N8O21S. The molecule has 0 heterocycles. The van der Waals surface area contributed by atoms with E-state index >= 15 is 33.6 Å². The Morgan fingerprint density at radius 1 is 0.466 bits per heavy atom. The van der Waals surface area contributed by atoms with Gasteiger partial charge in [0.25, 0.3) is 5.69 Å². The summed E-state index contributed by atoms with van der Waals surface area (Å²) in [5.74, 6) is -12.0. The van der Waals surface area contributed by atoms with E-state index in [4.69, 9.17) is 33.3 Å². The average Bonchev–Trinajstić information content (AvgIpc) is 0.827. The van der Waals surface area contributed by atoms with E-state index in [9.17, 15) is 34.1 Å². The van der Waals surface area contributed by atoms with Crippen LogP contribution in [0.1, 0.15) is 173 Å². The molecule has 30 heteroatoms. The van der Waals surface area contributed by atoms with Gasteiger partial charge in [0, 0.05) is 74.4 Å². The summed E-state index contributed by atoms with van der Waals surface area (Å²) >= 11 is 1.44. The minimum atomic E-state index is -1.63. The average molecular weight is 2010 g/mol. The molecule has 0 fully saturated rings. The number of alkyl carbamates (subject to hydrolysis) is 2. The molecule has 0 bridgehead atoms. The fourth-order valence-electron chi connectivity index (χ4n) is 16.4. The number of aryl methyl sites for hydroxylation is 5. The topological polar surface area (TPSA) is 397 Å². The Bertz CT molecular complexity index is 5680. The van der Waals surface area contributed by atoms with Crippen LogP contribution in [-0.4, -0.2) is 181 Å². The van der Waals surface area contributed by atoms with Crippen molar-refractivity contribution < 1.29 is 95.7 Å². The highest BCUT2D eigenvalue weighted by Crippen LogP contribution is 2.28. The van der Waals surface area contributed by atoms with Crippen LogP contribution >= 0.6 is 11.8 Å². The number of nitro benzene ring substituents is 1. The van der Waals surface area contributed by atoms with E-state index in [2.05, 4.69) is 55.8 Å². The van der Waals surface area contributed by atoms with Crippen LogP contribution in [0.4, 0.5) is 15.3 Å². The molecule has 0 saturated carbocycles. The molecule has 2 unspecified atom stereocenters. The van der Waals surface area contributed by atoms with Gasteiger partial charge in [0.2, 0.25) is 23.6 Å². The van der Waals surface area contributed by atoms with Crippen molar-refractivity contribution in [2.45, 2.75) is 213 Å². The smallest absolute Gasteiger partial charge is 0.408 e. The van der Waals surface area contributed by atoms with E-state index in [1.165, 1.54) is 42.1 Å². The number of nitrogens with one attached hydrogen (secondary N) is 6. The van der Waals surface area contributed by atoms with Gasteiger partial charge < -0.3 is 65.2 Å². The van der Waals surface area contributed by atoms with E-state index in [0.29, 0.717) is 71.2 Å². The molecule has 9 aromatic rings. The molecule has 0 aliphatic rings. The Balaban J connectivity index is 1.01. The van der Waals surface area contributed by atoms with Crippen molar-refractivity contribution >= 4 is 93.9 Å². The van der Waals surface area contributed by atoms with Crippen LogP contribution in [0, 0.1) is 46.6 Å². The summed E-state index contributed by atoms with van der Waals surface area (Å²) in [5, 5.41) is 33.0. The Hall–Kier alpha value is -13.8. The van der Waals surface area contributed by atoms with Crippen LogP contribution in [0.15, 0.2) is 267 Å². The minimum absolute atomic E-state index is 0.0170. The van der Waals surface area contributed by atoms with Gasteiger partial charge in [-0.3, -0.25) is 53.3 Å². The second kappa shape index (κ2) is 62.1. The molecule has 146 heavy (non-hydrogen) atoms. The molecule has 0 saturated heterocycles. The molecule has 6 N–H and O–H groups in total. The first kappa shape index (κ1) is 116. The van der Waals surface area contributed by atoms with Crippen molar-refractivity contribution in [3.63, 3.8) is 0 Å². The van der Waals surface area contributed by atoms with Crippen molar-refractivity contribution in [3.05, 3.63) is 338 Å². The highest BCUT2D eigenvalue weighted by molar-refractivity contribution is 7.98. The molecule has 0 aromatic heterocycles. The zero-order valence-electron chi connectivity index (χ0n) is 85.1. The number of nitro groups is 1. The normalized spacial score (nSPS) is 13.7. The molecule has 0 radical (unpaired) electrons. The highest BCUT2D eigenvalue weighted by atomic mass is 32.2. The first-order valence-electron chi connectivity index (χ1n) is 50.0. The zero-order valence-corrected chi connectivity index (χ0v) is 85.9. The standard InChI is InChI=1S/C116H140N8O21S/c1-11-62-142-114(135)117-74-95(111(132)119-100(69-88-53-49-85(50-54-88)46-44-83-32-21-15-22-33-83)102(126)71-94(67-86-34-23-16-24-35-86)110(131)121-107(80(5)12-2)104(128)70-93(61-66-146-10)113(134)145-123-109(91-55-41-79(4)42-56-91)92-57-59-97(60-58-92)124(137)138)72-105(129)108(81(6)143-76-90-38-27-18-28-39-90)122-112(133)96(77-141-75-89-36-25-17-26-37-89)73-103(127)99(68-87-51-47-84(48-52-87)45-43-82-30-19-14-20-31-82)118-106(130)78-140-65-64-139-63-29-40-101(125)98(13-3)120-115(136)144-116(7,8)9/h11,14-28,30-39,41-42,47-60,80-81,93-96,98-100,107-108H,1,12-13,29,40,43-46,61-78H2,2-10H3,(H,117,135)(H,118,130)(H,119,132)(H,120,136)(H,121,131)(H,122,133)/b123-109-/t80?,81?,93-,94-,95+,96+,98+,99+,100+,107+,108+/m1/s1. The summed E-state index contributed by atoms with van der Waals surface area (Å²) in [5.41, 5.74) is 8.77. The van der Waals surface area contributed by atoms with Crippen LogP contribution in [0.2, 0.25) is 0 Å². The largest absolute Gasteiger partial charge is 0.445 e. The molecule has 11 atom stereocenters. The Morgan fingerprint density at radius 2 is 0.925 bits per heavy atom. The van der Waals surface area contributed by atoms with Gasteiger partial charge in [-0.2, -0.15) is 11.8 Å². The molecule has 9 aromatic carbocycles. The van der Waals surface area contributed by atoms with Gasteiger partial charge in [-0.25, -0.2) is 14.4 Å². The number of ketones is 5. The molecule has 0 aliphatic heterocycles. The van der Waals surface area contributed by atoms with Gasteiger partial charge in [0.15, 0.2) is 28.9 Å². The van der Waals surface area contributed by atoms with Gasteiger partial charge in [0.1, 0.15) is 30.6 Å². The first-order valence-corrected chi connectivity index (χ1v) is 51.4. The van der Waals surface area contributed by atoms with E-state index < -0.39 is 187 Å². The number of nitrogens with zero attached hydrogens (tertiary/aromatic N) is 2. The maximum Gasteiger partial charge on any atom is 0.408 e. The molecule has 0 aliphatic carbocycles. The molecule has 6 amide bonds. The summed E-state index contributed by atoms with van der Waals surface area (Å²) in [6.45, 7) is 16.0. The number of ether oxygens (including phenoxy) is 6. The Morgan fingerprint density at radius 3 is 1.45 bits per heavy atom. The predicted molar refractivity (Wildman–Crippen MR) is 562 cm³/mol. The van der Waals surface area contributed by atoms with Gasteiger partial charge in [-0.05, 0) is 179 Å². The molecular weight excluding hydrogens is 1870 g/mol. The van der Waals surface area contributed by atoms with Crippen LogP contribution in [-0.2, 0) is 139 Å². The van der Waals surface area contributed by atoms with Crippen molar-refractivity contribution in [1.29, 1.82) is 0 Å². The van der Waals surface area contributed by atoms with Crippen LogP contribution in [0.5, 0.6) is 0 Å². The number of carbonyl (C=O) groups is 12. The number of oxime groups is 1. The van der Waals surface area contributed by atoms with Gasteiger partial charge in [-0.1, -0.05) is 275 Å². The van der Waals surface area contributed by atoms with Gasteiger partial charge in [-0.15, -0.1) is 0 Å². The van der Waals surface area contributed by atoms with Crippen LogP contribution in [0.25, 0.3) is 0 Å². The Labute approximate surface area is 860 Å². The summed E-state index contributed by atoms with van der Waals surface area (Å²) in [6, 6.07) is 68.7. The van der Waals surface area contributed by atoms with Crippen molar-refractivity contribution in [3.8, 4) is 0 Å². The number of non-ortho nitro benzene ring substituents is 1. The summed E-state index contributed by atoms with van der Waals surface area (Å²) in [7, 11) is 0. The lowest BCUT2D eigenvalue weighted by atomic mass is 9.86. The van der Waals surface area contributed by atoms with Crippen molar-refractivity contribution in [2.75, 3.05) is 58.2 Å². The highest BCUT2D eigenvalue weighted by Gasteiger charge is 2.40. The maximum absolute atomic E-state index is 16.0. The summed E-state index contributed by atoms with van der Waals surface area (Å²) in [6.07, 6.45) is 2.03. The number of carbonyl (C=O) groups excluding carboxylic acids is 12. The number of Topliss-reactive ketones (excluding diaryl/α,β-unsaturated/α-hetero) is 5. The van der Waals surface area contributed by atoms with Crippen molar-refractivity contribution in [2.24, 2.45) is 34.7 Å². The maximum atomic E-state index is 16.0.